The van der Waals surface area contributed by atoms with Crippen LogP contribution in [-0.4, -0.2) is 30.3 Å². The molecule has 0 aromatic rings. The van der Waals surface area contributed by atoms with Gasteiger partial charge >= 0.3 is 18.1 Å². The van der Waals surface area contributed by atoms with Crippen LogP contribution in [0.15, 0.2) is 0 Å². The Morgan fingerprint density at radius 2 is 1.92 bits per heavy atom. The fourth-order valence-electron chi connectivity index (χ4n) is 0.502. The Balaban J connectivity index is 4.27. The van der Waals surface area contributed by atoms with Gasteiger partial charge in [-0.05, 0) is 0 Å². The van der Waals surface area contributed by atoms with Crippen molar-refractivity contribution < 1.29 is 28.9 Å². The molecule has 0 radical (unpaired) electrons. The van der Waals surface area contributed by atoms with Crippen LogP contribution in [0.3, 0.4) is 0 Å². The smallest absolute Gasteiger partial charge is 0.374 e. The predicted molar refractivity (Wildman–Crippen MR) is 40.1 cm³/mol. The number of hydrogen-bond acceptors (Lipinski definition) is 6. The third-order valence-corrected chi connectivity index (χ3v) is 1.06. The van der Waals surface area contributed by atoms with E-state index in [4.69, 9.17) is 0 Å². The summed E-state index contributed by atoms with van der Waals surface area (Å²) in [4.78, 5) is 21.1. The SMILES string of the molecule is CCC(=O)OC(O)(OC)OC(C)=O. The van der Waals surface area contributed by atoms with Crippen molar-refractivity contribution in [3.63, 3.8) is 0 Å². The van der Waals surface area contributed by atoms with Gasteiger partial charge in [-0.1, -0.05) is 6.92 Å². The fraction of sp³-hybridized carbons (Fsp3) is 0.714. The maximum atomic E-state index is 10.7. The molecule has 0 aliphatic heterocycles. The molecular formula is C7H12O6. The van der Waals surface area contributed by atoms with Crippen molar-refractivity contribution in [1.82, 2.24) is 0 Å². The van der Waals surface area contributed by atoms with E-state index in [1.807, 2.05) is 0 Å². The van der Waals surface area contributed by atoms with Gasteiger partial charge in [-0.3, -0.25) is 19.4 Å². The lowest BCUT2D eigenvalue weighted by molar-refractivity contribution is -0.442. The first-order valence-electron chi connectivity index (χ1n) is 3.62. The molecule has 0 aromatic heterocycles. The molecule has 0 bridgehead atoms. The number of carbonyl (C=O) groups is 2. The van der Waals surface area contributed by atoms with Gasteiger partial charge < -0.3 is 9.47 Å². The molecule has 0 spiro atoms. The molecule has 0 saturated heterocycles. The van der Waals surface area contributed by atoms with Crippen LogP contribution in [0.5, 0.6) is 0 Å². The lowest BCUT2D eigenvalue weighted by Gasteiger charge is -2.22. The normalized spacial score (nSPS) is 14.5. The van der Waals surface area contributed by atoms with E-state index in [1.165, 1.54) is 6.92 Å². The third-order valence-electron chi connectivity index (χ3n) is 1.06. The first-order chi connectivity index (χ1) is 5.93. The highest BCUT2D eigenvalue weighted by molar-refractivity contribution is 5.70. The molecule has 0 aliphatic rings. The van der Waals surface area contributed by atoms with Gasteiger partial charge in [-0.15, -0.1) is 0 Å². The number of aliphatic hydroxyl groups is 1. The van der Waals surface area contributed by atoms with E-state index >= 15 is 0 Å². The highest BCUT2D eigenvalue weighted by Crippen LogP contribution is 2.11. The summed E-state index contributed by atoms with van der Waals surface area (Å²) in [6.07, 6.45) is -2.58. The second-order valence-corrected chi connectivity index (χ2v) is 2.15. The van der Waals surface area contributed by atoms with E-state index in [9.17, 15) is 14.7 Å². The van der Waals surface area contributed by atoms with Crippen molar-refractivity contribution in [2.75, 3.05) is 7.11 Å². The number of ether oxygens (including phenoxy) is 3. The van der Waals surface area contributed by atoms with Crippen molar-refractivity contribution in [1.29, 1.82) is 0 Å². The summed E-state index contributed by atoms with van der Waals surface area (Å²) in [6, 6.07) is 0. The minimum absolute atomic E-state index is 0.0347. The predicted octanol–water partition coefficient (Wildman–Crippen LogP) is -0.247. The molecule has 76 valence electrons. The van der Waals surface area contributed by atoms with Gasteiger partial charge in [0.05, 0.1) is 0 Å². The van der Waals surface area contributed by atoms with Crippen molar-refractivity contribution in [2.24, 2.45) is 0 Å². The van der Waals surface area contributed by atoms with Gasteiger partial charge in [0.2, 0.25) is 0 Å². The Morgan fingerprint density at radius 3 is 2.23 bits per heavy atom. The minimum Gasteiger partial charge on any atom is -0.374 e. The fourth-order valence-corrected chi connectivity index (χ4v) is 0.502. The maximum absolute atomic E-state index is 10.7. The third kappa shape index (κ3) is 4.44. The molecule has 6 heteroatoms. The Bertz CT molecular complexity index is 201. The molecule has 0 aliphatic carbocycles. The second-order valence-electron chi connectivity index (χ2n) is 2.15. The molecule has 0 heterocycles. The van der Waals surface area contributed by atoms with Gasteiger partial charge in [-0.25, -0.2) is 0 Å². The number of esters is 2. The standard InChI is InChI=1S/C7H12O6/c1-4-6(9)13-7(10,11-3)12-5(2)8/h10H,4H2,1-3H3. The lowest BCUT2D eigenvalue weighted by atomic mass is 10.5. The van der Waals surface area contributed by atoms with Crippen LogP contribution >= 0.6 is 0 Å². The van der Waals surface area contributed by atoms with Gasteiger partial charge in [0, 0.05) is 20.5 Å². The second kappa shape index (κ2) is 4.78. The molecule has 0 fully saturated rings. The highest BCUT2D eigenvalue weighted by atomic mass is 17.0. The van der Waals surface area contributed by atoms with Crippen LogP contribution in [0, 0.1) is 0 Å². The van der Waals surface area contributed by atoms with Crippen molar-refractivity contribution >= 4 is 11.9 Å². The van der Waals surface area contributed by atoms with Crippen LogP contribution in [0.4, 0.5) is 0 Å². The number of carbonyl (C=O) groups excluding carboxylic acids is 2. The Hall–Kier alpha value is -1.14. The van der Waals surface area contributed by atoms with Gasteiger partial charge in [-0.2, -0.15) is 0 Å². The molecule has 6 nitrogen and oxygen atoms in total. The van der Waals surface area contributed by atoms with Crippen molar-refractivity contribution in [3.05, 3.63) is 0 Å². The monoisotopic (exact) mass is 192 g/mol. The molecule has 1 atom stereocenters. The average molecular weight is 192 g/mol. The van der Waals surface area contributed by atoms with Gasteiger partial charge in [0.25, 0.3) is 0 Å². The first kappa shape index (κ1) is 11.9. The number of rotatable bonds is 4. The van der Waals surface area contributed by atoms with Crippen LogP contribution in [0.2, 0.25) is 0 Å². The van der Waals surface area contributed by atoms with Crippen LogP contribution in [0.1, 0.15) is 20.3 Å². The van der Waals surface area contributed by atoms with E-state index in [1.54, 1.807) is 0 Å². The Morgan fingerprint density at radius 1 is 1.38 bits per heavy atom. The summed E-state index contributed by atoms with van der Waals surface area (Å²) in [5, 5.41) is 9.18. The maximum Gasteiger partial charge on any atom is 0.511 e. The van der Waals surface area contributed by atoms with Crippen molar-refractivity contribution in [3.8, 4) is 0 Å². The molecule has 0 amide bonds. The molecule has 0 aromatic carbocycles. The van der Waals surface area contributed by atoms with Gasteiger partial charge in [0.15, 0.2) is 0 Å². The van der Waals surface area contributed by atoms with Crippen LogP contribution in [-0.2, 0) is 23.8 Å². The van der Waals surface area contributed by atoms with E-state index < -0.39 is 18.1 Å². The molecule has 1 N–H and O–H groups in total. The summed E-state index contributed by atoms with van der Waals surface area (Å²) >= 11 is 0. The van der Waals surface area contributed by atoms with Crippen LogP contribution in [0.25, 0.3) is 0 Å². The summed E-state index contributed by atoms with van der Waals surface area (Å²) in [5.74, 6) is -1.57. The number of hydrogen-bond donors (Lipinski definition) is 1. The zero-order chi connectivity index (χ0) is 10.5. The summed E-state index contributed by atoms with van der Waals surface area (Å²) in [7, 11) is 1.03. The zero-order valence-corrected chi connectivity index (χ0v) is 7.70. The summed E-state index contributed by atoms with van der Waals surface area (Å²) in [6.45, 7) is 2.57. The highest BCUT2D eigenvalue weighted by Gasteiger charge is 2.35. The first-order valence-corrected chi connectivity index (χ1v) is 3.62. The Kier molecular flexibility index (Phi) is 4.36. The molecule has 1 unspecified atom stereocenters. The lowest BCUT2D eigenvalue weighted by Crippen LogP contribution is -2.41. The molecular weight excluding hydrogens is 180 g/mol. The topological polar surface area (TPSA) is 82.1 Å². The van der Waals surface area contributed by atoms with Gasteiger partial charge in [0.1, 0.15) is 0 Å². The van der Waals surface area contributed by atoms with E-state index in [0.717, 1.165) is 14.0 Å². The van der Waals surface area contributed by atoms with Crippen molar-refractivity contribution in [2.45, 2.75) is 26.4 Å². The van der Waals surface area contributed by atoms with E-state index in [2.05, 4.69) is 14.2 Å². The molecule has 0 saturated carbocycles. The summed E-state index contributed by atoms with van der Waals surface area (Å²) in [5.41, 5.74) is 0. The zero-order valence-electron chi connectivity index (χ0n) is 7.70. The quantitative estimate of drug-likeness (QED) is 0.488. The summed E-state index contributed by atoms with van der Waals surface area (Å²) < 4.78 is 12.8. The largest absolute Gasteiger partial charge is 0.511 e. The molecule has 0 rings (SSSR count). The minimum atomic E-state index is -2.61. The average Bonchev–Trinajstić information content (AvgIpc) is 2.02. The van der Waals surface area contributed by atoms with Crippen LogP contribution < -0.4 is 0 Å². The van der Waals surface area contributed by atoms with E-state index in [0.29, 0.717) is 0 Å². The van der Waals surface area contributed by atoms with E-state index in [-0.39, 0.29) is 6.42 Å². The Labute approximate surface area is 75.4 Å². The number of methoxy groups -OCH3 is 1. The molecule has 13 heavy (non-hydrogen) atoms.